The van der Waals surface area contributed by atoms with E-state index in [4.69, 9.17) is 33.2 Å². The molecule has 2 aliphatic heterocycles. The monoisotopic (exact) mass is 664 g/mol. The highest BCUT2D eigenvalue weighted by atomic mass is 16.8. The van der Waals surface area contributed by atoms with Crippen molar-refractivity contribution < 1.29 is 72.8 Å². The lowest BCUT2D eigenvalue weighted by Gasteiger charge is -2.46. The van der Waals surface area contributed by atoms with Gasteiger partial charge in [-0.15, -0.1) is 0 Å². The van der Waals surface area contributed by atoms with E-state index in [1.54, 1.807) is 13.8 Å². The SMILES string of the molecule is CCC(C)CC(=O)O[C@@H]1[C@@H](OC(=O)C(C)CC)[C@@H](O[C@]2(CO)O[C@H](CO)[C@@H](O)[C@@H]2OC(C)=O)O[C@H](CO)[C@H]1OC(=O)CC(C)CC. The van der Waals surface area contributed by atoms with Gasteiger partial charge in [-0.05, 0) is 18.3 Å². The summed E-state index contributed by atoms with van der Waals surface area (Å²) in [7, 11) is 0. The van der Waals surface area contributed by atoms with Crippen LogP contribution in [0.25, 0.3) is 0 Å². The molecule has 0 aromatic carbocycles. The highest BCUT2D eigenvalue weighted by Gasteiger charge is 2.62. The first-order chi connectivity index (χ1) is 21.7. The lowest BCUT2D eigenvalue weighted by Crippen LogP contribution is -2.65. The Morgan fingerprint density at radius 2 is 1.30 bits per heavy atom. The second-order valence-corrected chi connectivity index (χ2v) is 12.2. The summed E-state index contributed by atoms with van der Waals surface area (Å²) in [5, 5.41) is 41.4. The molecule has 0 radical (unpaired) electrons. The minimum absolute atomic E-state index is 0.00189. The minimum atomic E-state index is -2.38. The largest absolute Gasteiger partial charge is 0.455 e. The van der Waals surface area contributed by atoms with Crippen molar-refractivity contribution in [3.63, 3.8) is 0 Å². The topological polar surface area (TPSA) is 214 Å². The van der Waals surface area contributed by atoms with Crippen molar-refractivity contribution in [1.82, 2.24) is 0 Å². The lowest BCUT2D eigenvalue weighted by atomic mass is 9.96. The van der Waals surface area contributed by atoms with E-state index in [1.807, 2.05) is 27.7 Å². The van der Waals surface area contributed by atoms with Crippen LogP contribution in [0.15, 0.2) is 0 Å². The molecule has 15 nitrogen and oxygen atoms in total. The number of hydrogen-bond donors (Lipinski definition) is 4. The van der Waals surface area contributed by atoms with Gasteiger partial charge in [0.2, 0.25) is 12.1 Å². The highest BCUT2D eigenvalue weighted by Crippen LogP contribution is 2.39. The molecule has 0 aromatic heterocycles. The summed E-state index contributed by atoms with van der Waals surface area (Å²) in [5.74, 6) is -6.20. The van der Waals surface area contributed by atoms with Gasteiger partial charge in [-0.2, -0.15) is 0 Å². The number of esters is 4. The van der Waals surface area contributed by atoms with E-state index >= 15 is 0 Å². The van der Waals surface area contributed by atoms with E-state index < -0.39 is 104 Å². The Morgan fingerprint density at radius 3 is 1.76 bits per heavy atom. The standard InChI is InChI=1S/C31H52O15/c1-8-16(4)11-22(36)42-25-21(14-33)41-30(46-31(15-34)28(40-19(7)35)24(38)20(13-32)45-31)27(44-29(39)18(6)10-3)26(25)43-23(37)12-17(5)9-2/h16-18,20-21,24-28,30,32-34,38H,8-15H2,1-7H3/t16?,17?,18?,20-,21-,24-,25-,26+,27-,28+,30-,31+/m1/s1. The summed E-state index contributed by atoms with van der Waals surface area (Å²) in [6.07, 6.45) is -11.0. The fourth-order valence-corrected chi connectivity index (χ4v) is 4.98. The summed E-state index contributed by atoms with van der Waals surface area (Å²) < 4.78 is 40.3. The molecule has 2 aliphatic rings. The Morgan fingerprint density at radius 1 is 0.761 bits per heavy atom. The molecule has 0 saturated carbocycles. The Hall–Kier alpha value is -2.40. The number of aliphatic hydroxyl groups excluding tert-OH is 4. The van der Waals surface area contributed by atoms with Crippen molar-refractivity contribution in [3.05, 3.63) is 0 Å². The first kappa shape index (κ1) is 39.8. The van der Waals surface area contributed by atoms with Crippen molar-refractivity contribution >= 4 is 23.9 Å². The molecule has 3 unspecified atom stereocenters. The van der Waals surface area contributed by atoms with Crippen LogP contribution in [-0.2, 0) is 52.3 Å². The quantitative estimate of drug-likeness (QED) is 0.125. The van der Waals surface area contributed by atoms with Gasteiger partial charge < -0.3 is 53.6 Å². The molecule has 0 aromatic rings. The molecule has 2 rings (SSSR count). The first-order valence-corrected chi connectivity index (χ1v) is 16.0. The van der Waals surface area contributed by atoms with Crippen LogP contribution in [0.3, 0.4) is 0 Å². The first-order valence-electron chi connectivity index (χ1n) is 16.0. The Bertz CT molecular complexity index is 1010. The number of hydrogen-bond acceptors (Lipinski definition) is 15. The number of carbonyl (C=O) groups excluding carboxylic acids is 4. The third-order valence-corrected chi connectivity index (χ3v) is 8.48. The van der Waals surface area contributed by atoms with Crippen LogP contribution in [0, 0.1) is 17.8 Å². The molecule has 0 amide bonds. The van der Waals surface area contributed by atoms with Crippen molar-refractivity contribution in [2.75, 3.05) is 19.8 Å². The van der Waals surface area contributed by atoms with Crippen molar-refractivity contribution in [2.45, 2.75) is 135 Å². The average molecular weight is 665 g/mol. The van der Waals surface area contributed by atoms with E-state index in [2.05, 4.69) is 0 Å². The smallest absolute Gasteiger partial charge is 0.309 e. The molecular weight excluding hydrogens is 612 g/mol. The maximum atomic E-state index is 13.2. The fourth-order valence-electron chi connectivity index (χ4n) is 4.98. The van der Waals surface area contributed by atoms with Gasteiger partial charge in [0.15, 0.2) is 24.4 Å². The predicted molar refractivity (Wildman–Crippen MR) is 157 cm³/mol. The molecule has 266 valence electrons. The molecular formula is C31H52O15. The van der Waals surface area contributed by atoms with Crippen LogP contribution < -0.4 is 0 Å². The fraction of sp³-hybridized carbons (Fsp3) is 0.871. The average Bonchev–Trinajstić information content (AvgIpc) is 3.28. The third-order valence-electron chi connectivity index (χ3n) is 8.48. The Balaban J connectivity index is 2.66. The van der Waals surface area contributed by atoms with Crippen LogP contribution in [-0.4, -0.2) is 119 Å². The zero-order valence-corrected chi connectivity index (χ0v) is 27.8. The number of carbonyl (C=O) groups is 4. The minimum Gasteiger partial charge on any atom is -0.455 e. The van der Waals surface area contributed by atoms with Gasteiger partial charge in [0.25, 0.3) is 0 Å². The van der Waals surface area contributed by atoms with Crippen molar-refractivity contribution in [2.24, 2.45) is 17.8 Å². The van der Waals surface area contributed by atoms with Gasteiger partial charge in [-0.25, -0.2) is 0 Å². The second kappa shape index (κ2) is 18.2. The van der Waals surface area contributed by atoms with Gasteiger partial charge in [-0.1, -0.05) is 54.4 Å². The summed E-state index contributed by atoms with van der Waals surface area (Å²) in [6.45, 7) is 9.25. The van der Waals surface area contributed by atoms with Crippen LogP contribution in [0.2, 0.25) is 0 Å². The van der Waals surface area contributed by atoms with Crippen molar-refractivity contribution in [1.29, 1.82) is 0 Å². The maximum Gasteiger partial charge on any atom is 0.309 e. The van der Waals surface area contributed by atoms with E-state index in [1.165, 1.54) is 0 Å². The van der Waals surface area contributed by atoms with Crippen LogP contribution >= 0.6 is 0 Å². The van der Waals surface area contributed by atoms with E-state index in [9.17, 15) is 39.6 Å². The Kier molecular flexibility index (Phi) is 15.8. The van der Waals surface area contributed by atoms with E-state index in [-0.39, 0.29) is 24.7 Å². The molecule has 0 bridgehead atoms. The zero-order valence-electron chi connectivity index (χ0n) is 27.8. The lowest BCUT2D eigenvalue weighted by molar-refractivity contribution is -0.384. The van der Waals surface area contributed by atoms with Crippen molar-refractivity contribution in [3.8, 4) is 0 Å². The van der Waals surface area contributed by atoms with E-state index in [0.717, 1.165) is 6.92 Å². The van der Waals surface area contributed by atoms with Crippen LogP contribution in [0.4, 0.5) is 0 Å². The van der Waals surface area contributed by atoms with Gasteiger partial charge in [0.1, 0.15) is 24.9 Å². The molecule has 12 atom stereocenters. The normalized spacial score (nSPS) is 33.0. The maximum absolute atomic E-state index is 13.2. The van der Waals surface area contributed by atoms with Gasteiger partial charge >= 0.3 is 23.9 Å². The van der Waals surface area contributed by atoms with Crippen LogP contribution in [0.1, 0.15) is 80.6 Å². The molecule has 0 aliphatic carbocycles. The molecule has 2 heterocycles. The van der Waals surface area contributed by atoms with Gasteiger partial charge in [-0.3, -0.25) is 19.2 Å². The summed E-state index contributed by atoms with van der Waals surface area (Å²) >= 11 is 0. The molecule has 2 fully saturated rings. The summed E-state index contributed by atoms with van der Waals surface area (Å²) in [5.41, 5.74) is 0. The van der Waals surface area contributed by atoms with Crippen LogP contribution in [0.5, 0.6) is 0 Å². The second-order valence-electron chi connectivity index (χ2n) is 12.2. The zero-order chi connectivity index (χ0) is 34.8. The molecule has 4 N–H and O–H groups in total. The summed E-state index contributed by atoms with van der Waals surface area (Å²) in [6, 6.07) is 0. The number of ether oxygens (including phenoxy) is 7. The number of aliphatic hydroxyl groups is 4. The van der Waals surface area contributed by atoms with Gasteiger partial charge in [0.05, 0.1) is 19.1 Å². The molecule has 2 saturated heterocycles. The Labute approximate surface area is 269 Å². The number of rotatable bonds is 17. The predicted octanol–water partition coefficient (Wildman–Crippen LogP) is 0.746. The molecule has 15 heteroatoms. The summed E-state index contributed by atoms with van der Waals surface area (Å²) in [4.78, 5) is 51.3. The van der Waals surface area contributed by atoms with E-state index in [0.29, 0.717) is 19.3 Å². The van der Waals surface area contributed by atoms with Gasteiger partial charge in [0, 0.05) is 19.8 Å². The highest BCUT2D eigenvalue weighted by molar-refractivity contribution is 5.73. The molecule has 46 heavy (non-hydrogen) atoms. The molecule has 0 spiro atoms. The third kappa shape index (κ3) is 10.1.